The molecule has 1 aromatic heterocycles. The summed E-state index contributed by atoms with van der Waals surface area (Å²) in [7, 11) is 1.63. The SMILES string of the molecule is COCc1nc2n(n1)CC(Nc1cc(Cl)ccc1C#N)CC2. The molecule has 6 nitrogen and oxygen atoms in total. The molecule has 2 aromatic rings. The molecule has 7 heteroatoms. The number of fused-ring (bicyclic) bond motifs is 1. The molecule has 0 aliphatic carbocycles. The second kappa shape index (κ2) is 6.34. The van der Waals surface area contributed by atoms with E-state index >= 15 is 0 Å². The van der Waals surface area contributed by atoms with E-state index in [4.69, 9.17) is 16.3 Å². The fourth-order valence-corrected chi connectivity index (χ4v) is 2.79. The Kier molecular flexibility index (Phi) is 4.27. The average molecular weight is 318 g/mol. The third kappa shape index (κ3) is 3.06. The summed E-state index contributed by atoms with van der Waals surface area (Å²) < 4.78 is 6.98. The maximum Gasteiger partial charge on any atom is 0.176 e. The zero-order valence-corrected chi connectivity index (χ0v) is 13.0. The molecule has 22 heavy (non-hydrogen) atoms. The standard InChI is InChI=1S/C15H16ClN5O/c1-22-9-14-19-15-5-4-12(8-21(15)20-14)18-13-6-11(16)3-2-10(13)7-17/h2-3,6,12,18H,4-5,8-9H2,1H3. The largest absolute Gasteiger partial charge is 0.379 e. The highest BCUT2D eigenvalue weighted by molar-refractivity contribution is 6.30. The van der Waals surface area contributed by atoms with Crippen molar-refractivity contribution in [2.45, 2.75) is 32.0 Å². The lowest BCUT2D eigenvalue weighted by molar-refractivity contribution is 0.177. The molecular weight excluding hydrogens is 302 g/mol. The predicted molar refractivity (Wildman–Crippen MR) is 82.6 cm³/mol. The third-order valence-corrected chi connectivity index (χ3v) is 3.87. The van der Waals surface area contributed by atoms with Crippen LogP contribution in [0.25, 0.3) is 0 Å². The molecule has 1 aromatic carbocycles. The maximum atomic E-state index is 9.18. The maximum absolute atomic E-state index is 9.18. The van der Waals surface area contributed by atoms with E-state index < -0.39 is 0 Å². The number of nitriles is 1. The minimum Gasteiger partial charge on any atom is -0.379 e. The monoisotopic (exact) mass is 317 g/mol. The molecule has 3 rings (SSSR count). The fraction of sp³-hybridized carbons (Fsp3) is 0.400. The number of hydrogen-bond acceptors (Lipinski definition) is 5. The van der Waals surface area contributed by atoms with E-state index in [1.807, 2.05) is 4.68 Å². The molecule has 0 bridgehead atoms. The summed E-state index contributed by atoms with van der Waals surface area (Å²) in [5, 5.41) is 17.6. The van der Waals surface area contributed by atoms with E-state index in [1.165, 1.54) is 0 Å². The van der Waals surface area contributed by atoms with Crippen LogP contribution in [0.2, 0.25) is 5.02 Å². The highest BCUT2D eigenvalue weighted by atomic mass is 35.5. The van der Waals surface area contributed by atoms with Crippen LogP contribution in [0.3, 0.4) is 0 Å². The molecule has 0 fully saturated rings. The Hall–Kier alpha value is -2.10. The number of nitrogens with one attached hydrogen (secondary N) is 1. The number of methoxy groups -OCH3 is 1. The van der Waals surface area contributed by atoms with E-state index in [1.54, 1.807) is 25.3 Å². The van der Waals surface area contributed by atoms with Crippen molar-refractivity contribution in [3.05, 3.63) is 40.4 Å². The summed E-state index contributed by atoms with van der Waals surface area (Å²) in [6, 6.07) is 7.60. The van der Waals surface area contributed by atoms with Crippen molar-refractivity contribution in [3.8, 4) is 6.07 Å². The number of ether oxygens (including phenoxy) is 1. The van der Waals surface area contributed by atoms with Gasteiger partial charge in [0.1, 0.15) is 18.5 Å². The van der Waals surface area contributed by atoms with Crippen molar-refractivity contribution < 1.29 is 4.74 Å². The fourth-order valence-electron chi connectivity index (χ4n) is 2.62. The number of benzene rings is 1. The van der Waals surface area contributed by atoms with Crippen LogP contribution >= 0.6 is 11.6 Å². The number of anilines is 1. The van der Waals surface area contributed by atoms with Crippen LogP contribution in [0, 0.1) is 11.3 Å². The Labute approximate surface area is 133 Å². The molecule has 2 heterocycles. The molecular formula is C15H16ClN5O. The zero-order valence-electron chi connectivity index (χ0n) is 12.2. The molecule has 0 saturated carbocycles. The van der Waals surface area contributed by atoms with Crippen LogP contribution in [0.5, 0.6) is 0 Å². The summed E-state index contributed by atoms with van der Waals surface area (Å²) in [4.78, 5) is 4.46. The van der Waals surface area contributed by atoms with Crippen LogP contribution in [-0.2, 0) is 24.3 Å². The molecule has 0 spiro atoms. The van der Waals surface area contributed by atoms with Crippen LogP contribution in [0.1, 0.15) is 23.6 Å². The second-order valence-corrected chi connectivity index (χ2v) is 5.68. The second-order valence-electron chi connectivity index (χ2n) is 5.24. The lowest BCUT2D eigenvalue weighted by Gasteiger charge is -2.25. The lowest BCUT2D eigenvalue weighted by atomic mass is 10.1. The van der Waals surface area contributed by atoms with Gasteiger partial charge in [0.15, 0.2) is 5.82 Å². The Bertz CT molecular complexity index is 721. The minimum absolute atomic E-state index is 0.190. The van der Waals surface area contributed by atoms with Crippen LogP contribution in [-0.4, -0.2) is 27.9 Å². The van der Waals surface area contributed by atoms with Gasteiger partial charge in [-0.25, -0.2) is 9.67 Å². The minimum atomic E-state index is 0.190. The van der Waals surface area contributed by atoms with Crippen molar-refractivity contribution in [2.24, 2.45) is 0 Å². The molecule has 0 radical (unpaired) electrons. The van der Waals surface area contributed by atoms with Crippen molar-refractivity contribution in [1.82, 2.24) is 14.8 Å². The van der Waals surface area contributed by atoms with Gasteiger partial charge < -0.3 is 10.1 Å². The van der Waals surface area contributed by atoms with Crippen molar-refractivity contribution >= 4 is 17.3 Å². The smallest absolute Gasteiger partial charge is 0.176 e. The number of aromatic nitrogens is 3. The van der Waals surface area contributed by atoms with Crippen molar-refractivity contribution in [2.75, 3.05) is 12.4 Å². The van der Waals surface area contributed by atoms with Gasteiger partial charge in [-0.2, -0.15) is 10.4 Å². The van der Waals surface area contributed by atoms with Gasteiger partial charge in [-0.05, 0) is 24.6 Å². The van der Waals surface area contributed by atoms with Crippen LogP contribution in [0.4, 0.5) is 5.69 Å². The number of halogens is 1. The molecule has 1 unspecified atom stereocenters. The van der Waals surface area contributed by atoms with Gasteiger partial charge in [-0.1, -0.05) is 11.6 Å². The third-order valence-electron chi connectivity index (χ3n) is 3.64. The van der Waals surface area contributed by atoms with E-state index in [0.29, 0.717) is 29.6 Å². The zero-order chi connectivity index (χ0) is 15.5. The van der Waals surface area contributed by atoms with Gasteiger partial charge in [0.2, 0.25) is 0 Å². The molecule has 1 atom stereocenters. The summed E-state index contributed by atoms with van der Waals surface area (Å²) >= 11 is 6.02. The quantitative estimate of drug-likeness (QED) is 0.937. The van der Waals surface area contributed by atoms with Gasteiger partial charge in [-0.15, -0.1) is 0 Å². The highest BCUT2D eigenvalue weighted by Gasteiger charge is 2.22. The van der Waals surface area contributed by atoms with Crippen LogP contribution in [0.15, 0.2) is 18.2 Å². The normalized spacial score (nSPS) is 16.9. The summed E-state index contributed by atoms with van der Waals surface area (Å²) in [5.41, 5.74) is 1.36. The Morgan fingerprint density at radius 2 is 2.41 bits per heavy atom. The first-order valence-corrected chi connectivity index (χ1v) is 7.45. The molecule has 1 aliphatic rings. The van der Waals surface area contributed by atoms with Gasteiger partial charge in [0, 0.05) is 24.6 Å². The molecule has 0 amide bonds. The first-order chi connectivity index (χ1) is 10.7. The van der Waals surface area contributed by atoms with E-state index in [0.717, 1.165) is 24.4 Å². The van der Waals surface area contributed by atoms with Gasteiger partial charge in [0.25, 0.3) is 0 Å². The first-order valence-electron chi connectivity index (χ1n) is 7.07. The van der Waals surface area contributed by atoms with Gasteiger partial charge in [0.05, 0.1) is 17.8 Å². The highest BCUT2D eigenvalue weighted by Crippen LogP contribution is 2.24. The van der Waals surface area contributed by atoms with Gasteiger partial charge >= 0.3 is 0 Å². The number of hydrogen-bond donors (Lipinski definition) is 1. The summed E-state index contributed by atoms with van der Waals surface area (Å²) in [6.07, 6.45) is 1.78. The van der Waals surface area contributed by atoms with E-state index in [9.17, 15) is 5.26 Å². The topological polar surface area (TPSA) is 75.8 Å². The van der Waals surface area contributed by atoms with Crippen LogP contribution < -0.4 is 5.32 Å². The van der Waals surface area contributed by atoms with E-state index in [-0.39, 0.29) is 6.04 Å². The number of nitrogens with zero attached hydrogens (tertiary/aromatic N) is 4. The van der Waals surface area contributed by atoms with Crippen molar-refractivity contribution in [1.29, 1.82) is 5.26 Å². The molecule has 1 aliphatic heterocycles. The van der Waals surface area contributed by atoms with Gasteiger partial charge in [-0.3, -0.25) is 0 Å². The van der Waals surface area contributed by atoms with E-state index in [2.05, 4.69) is 21.5 Å². The Morgan fingerprint density at radius 3 is 3.18 bits per heavy atom. The first kappa shape index (κ1) is 14.8. The molecule has 0 saturated heterocycles. The summed E-state index contributed by atoms with van der Waals surface area (Å²) in [5.74, 6) is 1.69. The molecule has 1 N–H and O–H groups in total. The summed E-state index contributed by atoms with van der Waals surface area (Å²) in [6.45, 7) is 1.13. The van der Waals surface area contributed by atoms with Crippen molar-refractivity contribution in [3.63, 3.8) is 0 Å². The number of rotatable bonds is 4. The predicted octanol–water partition coefficient (Wildman–Crippen LogP) is 2.38. The Balaban J connectivity index is 1.75. The Morgan fingerprint density at radius 1 is 1.55 bits per heavy atom. The molecule has 114 valence electrons. The average Bonchev–Trinajstić information content (AvgIpc) is 2.89. The lowest BCUT2D eigenvalue weighted by Crippen LogP contribution is -2.32. The number of aryl methyl sites for hydroxylation is 1.